The highest BCUT2D eigenvalue weighted by Gasteiger charge is 2.31. The van der Waals surface area contributed by atoms with Gasteiger partial charge in [0.05, 0.1) is 4.90 Å². The van der Waals surface area contributed by atoms with Crippen LogP contribution in [0.1, 0.15) is 35.2 Å². The SMILES string of the molecule is O=C1c2cc(Br)ccc2-c2ccc(S(=O)(=O)N3CCCCC3)cc21. The van der Waals surface area contributed by atoms with E-state index < -0.39 is 10.0 Å². The summed E-state index contributed by atoms with van der Waals surface area (Å²) in [5, 5.41) is 0. The normalized spacial score (nSPS) is 17.6. The van der Waals surface area contributed by atoms with Crippen molar-refractivity contribution in [1.29, 1.82) is 0 Å². The molecule has 1 aliphatic heterocycles. The van der Waals surface area contributed by atoms with E-state index in [0.717, 1.165) is 34.9 Å². The lowest BCUT2D eigenvalue weighted by molar-refractivity contribution is 0.104. The monoisotopic (exact) mass is 405 g/mol. The number of rotatable bonds is 2. The molecule has 0 saturated carbocycles. The summed E-state index contributed by atoms with van der Waals surface area (Å²) in [5.41, 5.74) is 2.76. The molecule has 2 aliphatic rings. The number of sulfonamides is 1. The minimum Gasteiger partial charge on any atom is -0.289 e. The number of carbonyl (C=O) groups is 1. The standard InChI is InChI=1S/C18H16BrNO3S/c19-12-4-6-14-15-7-5-13(11-17(15)18(21)16(14)10-12)24(22,23)20-8-2-1-3-9-20/h4-7,10-11H,1-3,8-9H2. The molecule has 0 aromatic heterocycles. The Balaban J connectivity index is 1.78. The summed E-state index contributed by atoms with van der Waals surface area (Å²) in [7, 11) is -3.53. The molecule has 0 atom stereocenters. The number of ketones is 1. The van der Waals surface area contributed by atoms with Crippen molar-refractivity contribution in [2.24, 2.45) is 0 Å². The van der Waals surface area contributed by atoms with Crippen molar-refractivity contribution in [3.05, 3.63) is 52.0 Å². The number of piperidine rings is 1. The minimum atomic E-state index is -3.53. The third kappa shape index (κ3) is 2.44. The lowest BCUT2D eigenvalue weighted by Crippen LogP contribution is -2.35. The predicted molar refractivity (Wildman–Crippen MR) is 95.6 cm³/mol. The molecule has 0 radical (unpaired) electrons. The van der Waals surface area contributed by atoms with Gasteiger partial charge in [0.25, 0.3) is 0 Å². The molecule has 1 heterocycles. The molecule has 0 N–H and O–H groups in total. The largest absolute Gasteiger partial charge is 0.289 e. The molecule has 1 fully saturated rings. The average molecular weight is 406 g/mol. The maximum Gasteiger partial charge on any atom is 0.243 e. The third-order valence-corrected chi connectivity index (χ3v) is 7.09. The van der Waals surface area contributed by atoms with Crippen molar-refractivity contribution in [1.82, 2.24) is 4.31 Å². The molecule has 4 nitrogen and oxygen atoms in total. The highest BCUT2D eigenvalue weighted by atomic mass is 79.9. The molecular weight excluding hydrogens is 390 g/mol. The lowest BCUT2D eigenvalue weighted by atomic mass is 10.1. The van der Waals surface area contributed by atoms with Crippen molar-refractivity contribution in [3.8, 4) is 11.1 Å². The van der Waals surface area contributed by atoms with E-state index in [0.29, 0.717) is 24.2 Å². The van der Waals surface area contributed by atoms with E-state index in [9.17, 15) is 13.2 Å². The Kier molecular flexibility index (Phi) is 3.86. The molecule has 24 heavy (non-hydrogen) atoms. The van der Waals surface area contributed by atoms with Crippen LogP contribution in [0, 0.1) is 0 Å². The van der Waals surface area contributed by atoms with Crippen molar-refractivity contribution in [2.75, 3.05) is 13.1 Å². The second kappa shape index (κ2) is 5.79. The summed E-state index contributed by atoms with van der Waals surface area (Å²) in [6, 6.07) is 10.5. The van der Waals surface area contributed by atoms with Gasteiger partial charge < -0.3 is 0 Å². The van der Waals surface area contributed by atoms with Gasteiger partial charge in [-0.15, -0.1) is 0 Å². The molecular formula is C18H16BrNO3S. The van der Waals surface area contributed by atoms with Crippen molar-refractivity contribution in [3.63, 3.8) is 0 Å². The molecule has 4 rings (SSSR count). The molecule has 0 spiro atoms. The molecule has 1 aliphatic carbocycles. The highest BCUT2D eigenvalue weighted by molar-refractivity contribution is 9.10. The van der Waals surface area contributed by atoms with Crippen molar-refractivity contribution < 1.29 is 13.2 Å². The van der Waals surface area contributed by atoms with Gasteiger partial charge in [0.2, 0.25) is 10.0 Å². The van der Waals surface area contributed by atoms with Crippen LogP contribution in [0.5, 0.6) is 0 Å². The zero-order chi connectivity index (χ0) is 16.9. The minimum absolute atomic E-state index is 0.114. The van der Waals surface area contributed by atoms with Crippen molar-refractivity contribution >= 4 is 31.7 Å². The molecule has 2 aromatic rings. The number of fused-ring (bicyclic) bond motifs is 3. The van der Waals surface area contributed by atoms with E-state index in [-0.39, 0.29) is 10.7 Å². The Morgan fingerprint density at radius 2 is 1.46 bits per heavy atom. The maximum atomic E-state index is 12.8. The summed E-state index contributed by atoms with van der Waals surface area (Å²) < 4.78 is 28.0. The molecule has 1 saturated heterocycles. The summed E-state index contributed by atoms with van der Waals surface area (Å²) in [6.45, 7) is 1.11. The lowest BCUT2D eigenvalue weighted by Gasteiger charge is -2.26. The number of benzene rings is 2. The zero-order valence-corrected chi connectivity index (χ0v) is 15.4. The Hall–Kier alpha value is -1.50. The Morgan fingerprint density at radius 1 is 0.833 bits per heavy atom. The second-order valence-electron chi connectivity index (χ2n) is 6.19. The quantitative estimate of drug-likeness (QED) is 0.650. The second-order valence-corrected chi connectivity index (χ2v) is 9.04. The first-order chi connectivity index (χ1) is 11.5. The van der Waals surface area contributed by atoms with Crippen LogP contribution in [0.3, 0.4) is 0 Å². The first kappa shape index (κ1) is 16.0. The number of halogens is 1. The fourth-order valence-electron chi connectivity index (χ4n) is 3.45. The fourth-order valence-corrected chi connectivity index (χ4v) is 5.35. The van der Waals surface area contributed by atoms with E-state index in [1.54, 1.807) is 18.2 Å². The van der Waals surface area contributed by atoms with Crippen LogP contribution in [0.2, 0.25) is 0 Å². The molecule has 0 amide bonds. The Labute approximate surface area is 149 Å². The zero-order valence-electron chi connectivity index (χ0n) is 13.0. The summed E-state index contributed by atoms with van der Waals surface area (Å²) in [6.07, 6.45) is 2.85. The maximum absolute atomic E-state index is 12.8. The van der Waals surface area contributed by atoms with Gasteiger partial charge >= 0.3 is 0 Å². The average Bonchev–Trinajstić information content (AvgIpc) is 2.87. The van der Waals surface area contributed by atoms with Crippen LogP contribution in [0.4, 0.5) is 0 Å². The van der Waals surface area contributed by atoms with Gasteiger partial charge in [-0.2, -0.15) is 4.31 Å². The summed E-state index contributed by atoms with van der Waals surface area (Å²) in [5.74, 6) is -0.114. The number of carbonyl (C=O) groups excluding carboxylic acids is 1. The van der Waals surface area contributed by atoms with Crippen LogP contribution in [-0.4, -0.2) is 31.6 Å². The first-order valence-corrected chi connectivity index (χ1v) is 10.2. The van der Waals surface area contributed by atoms with Gasteiger partial charge in [0.1, 0.15) is 0 Å². The summed E-state index contributed by atoms with van der Waals surface area (Å²) in [4.78, 5) is 12.9. The molecule has 6 heteroatoms. The van der Waals surface area contributed by atoms with Gasteiger partial charge in [0.15, 0.2) is 5.78 Å². The van der Waals surface area contributed by atoms with Gasteiger partial charge in [-0.25, -0.2) is 8.42 Å². The van der Waals surface area contributed by atoms with E-state index in [4.69, 9.17) is 0 Å². The van der Waals surface area contributed by atoms with Crippen LogP contribution >= 0.6 is 15.9 Å². The molecule has 0 bridgehead atoms. The first-order valence-electron chi connectivity index (χ1n) is 7.97. The van der Waals surface area contributed by atoms with Crippen LogP contribution in [0.15, 0.2) is 45.8 Å². The number of nitrogens with zero attached hydrogens (tertiary/aromatic N) is 1. The van der Waals surface area contributed by atoms with E-state index in [2.05, 4.69) is 15.9 Å². The smallest absolute Gasteiger partial charge is 0.243 e. The molecule has 2 aromatic carbocycles. The topological polar surface area (TPSA) is 54.5 Å². The predicted octanol–water partition coefficient (Wildman–Crippen LogP) is 3.84. The highest BCUT2D eigenvalue weighted by Crippen LogP contribution is 2.39. The van der Waals surface area contributed by atoms with Crippen LogP contribution in [-0.2, 0) is 10.0 Å². The van der Waals surface area contributed by atoms with Gasteiger partial charge in [-0.1, -0.05) is 34.5 Å². The number of hydrogen-bond donors (Lipinski definition) is 0. The van der Waals surface area contributed by atoms with E-state index >= 15 is 0 Å². The van der Waals surface area contributed by atoms with Crippen LogP contribution < -0.4 is 0 Å². The van der Waals surface area contributed by atoms with Gasteiger partial charge in [-0.3, -0.25) is 4.79 Å². The van der Waals surface area contributed by atoms with Crippen molar-refractivity contribution in [2.45, 2.75) is 24.2 Å². The van der Waals surface area contributed by atoms with Crippen LogP contribution in [0.25, 0.3) is 11.1 Å². The molecule has 124 valence electrons. The fraction of sp³-hybridized carbons (Fsp3) is 0.278. The summed E-state index contributed by atoms with van der Waals surface area (Å²) >= 11 is 3.38. The third-order valence-electron chi connectivity index (χ3n) is 4.70. The van der Waals surface area contributed by atoms with E-state index in [1.807, 2.05) is 12.1 Å². The van der Waals surface area contributed by atoms with Gasteiger partial charge in [0, 0.05) is 28.7 Å². The number of hydrogen-bond acceptors (Lipinski definition) is 3. The molecule has 0 unspecified atom stereocenters. The van der Waals surface area contributed by atoms with Gasteiger partial charge in [-0.05, 0) is 48.2 Å². The van der Waals surface area contributed by atoms with E-state index in [1.165, 1.54) is 10.4 Å². The Morgan fingerprint density at radius 3 is 2.17 bits per heavy atom. The Bertz CT molecular complexity index is 947.